The van der Waals surface area contributed by atoms with Crippen molar-refractivity contribution in [1.29, 1.82) is 0 Å². The number of nitro groups is 1. The predicted molar refractivity (Wildman–Crippen MR) is 76.7 cm³/mol. The van der Waals surface area contributed by atoms with Crippen molar-refractivity contribution in [2.24, 2.45) is 0 Å². The van der Waals surface area contributed by atoms with Crippen molar-refractivity contribution in [2.75, 3.05) is 5.32 Å². The van der Waals surface area contributed by atoms with Crippen LogP contribution in [0.4, 0.5) is 11.4 Å². The van der Waals surface area contributed by atoms with Crippen LogP contribution in [0.2, 0.25) is 0 Å². The lowest BCUT2D eigenvalue weighted by atomic mass is 10.1. The molecule has 0 amide bonds. The van der Waals surface area contributed by atoms with E-state index in [1.807, 2.05) is 19.9 Å². The van der Waals surface area contributed by atoms with E-state index in [1.54, 1.807) is 24.3 Å². The van der Waals surface area contributed by atoms with E-state index in [4.69, 9.17) is 0 Å². The van der Waals surface area contributed by atoms with Crippen LogP contribution in [0, 0.1) is 30.9 Å². The second-order valence-electron chi connectivity index (χ2n) is 4.30. The first kappa shape index (κ1) is 13.5. The van der Waals surface area contributed by atoms with Gasteiger partial charge in [-0.15, -0.1) is 11.3 Å². The molecule has 2 aromatic rings. The smallest absolute Gasteiger partial charge is 0.274 e. The first-order valence-electron chi connectivity index (χ1n) is 5.90. The van der Waals surface area contributed by atoms with Gasteiger partial charge in [-0.25, -0.2) is 4.98 Å². The van der Waals surface area contributed by atoms with Crippen molar-refractivity contribution in [3.8, 4) is 0 Å². The zero-order valence-corrected chi connectivity index (χ0v) is 11.9. The fraction of sp³-hybridized carbons (Fsp3) is 0.308. The monoisotopic (exact) mass is 277 g/mol. The number of hydrogen-bond acceptors (Lipinski definition) is 5. The van der Waals surface area contributed by atoms with Gasteiger partial charge in [0, 0.05) is 22.2 Å². The Bertz CT molecular complexity index is 622. The molecule has 0 unspecified atom stereocenters. The number of anilines is 1. The van der Waals surface area contributed by atoms with E-state index in [-0.39, 0.29) is 10.6 Å². The minimum atomic E-state index is -0.359. The highest BCUT2D eigenvalue weighted by molar-refractivity contribution is 7.11. The quantitative estimate of drug-likeness (QED) is 0.685. The molecule has 0 aliphatic heterocycles. The largest absolute Gasteiger partial charge is 0.380 e. The molecule has 0 radical (unpaired) electrons. The van der Waals surface area contributed by atoms with Crippen LogP contribution in [0.1, 0.15) is 21.1 Å². The third kappa shape index (κ3) is 2.90. The Labute approximate surface area is 115 Å². The van der Waals surface area contributed by atoms with Gasteiger partial charge in [-0.3, -0.25) is 10.1 Å². The molecule has 0 bridgehead atoms. The van der Waals surface area contributed by atoms with E-state index in [9.17, 15) is 10.1 Å². The molecule has 1 heterocycles. The van der Waals surface area contributed by atoms with E-state index in [1.165, 1.54) is 6.07 Å². The molecule has 0 atom stereocenters. The number of aryl methyl sites for hydroxylation is 2. The van der Waals surface area contributed by atoms with Crippen molar-refractivity contribution in [3.05, 3.63) is 49.5 Å². The van der Waals surface area contributed by atoms with E-state index < -0.39 is 0 Å². The highest BCUT2D eigenvalue weighted by atomic mass is 32.1. The van der Waals surface area contributed by atoms with E-state index in [0.717, 1.165) is 21.3 Å². The Morgan fingerprint density at radius 3 is 2.68 bits per heavy atom. The molecule has 0 aliphatic carbocycles. The summed E-state index contributed by atoms with van der Waals surface area (Å²) in [5.74, 6) is 0. The molecule has 0 spiro atoms. The molecule has 1 N–H and O–H groups in total. The van der Waals surface area contributed by atoms with Gasteiger partial charge < -0.3 is 5.32 Å². The highest BCUT2D eigenvalue weighted by Crippen LogP contribution is 2.26. The molecule has 2 rings (SSSR count). The molecule has 1 aromatic carbocycles. The second kappa shape index (κ2) is 5.36. The van der Waals surface area contributed by atoms with Gasteiger partial charge in [0.2, 0.25) is 0 Å². The molecule has 0 aliphatic rings. The number of nitrogens with one attached hydrogen (secondary N) is 1. The molecular weight excluding hydrogens is 262 g/mol. The fourth-order valence-corrected chi connectivity index (χ4v) is 2.80. The lowest BCUT2D eigenvalue weighted by Gasteiger charge is -2.08. The Kier molecular flexibility index (Phi) is 3.80. The zero-order chi connectivity index (χ0) is 14.0. The Morgan fingerprint density at radius 1 is 1.37 bits per heavy atom. The molecule has 19 heavy (non-hydrogen) atoms. The molecule has 6 heteroatoms. The van der Waals surface area contributed by atoms with E-state index in [0.29, 0.717) is 12.1 Å². The van der Waals surface area contributed by atoms with Crippen molar-refractivity contribution in [1.82, 2.24) is 4.98 Å². The van der Waals surface area contributed by atoms with Crippen molar-refractivity contribution in [3.63, 3.8) is 0 Å². The molecule has 1 aromatic heterocycles. The first-order chi connectivity index (χ1) is 8.99. The standard InChI is InChI=1S/C13H15N3O2S/c1-8-11(5-4-6-12(8)16(17)18)14-7-13-9(2)15-10(3)19-13/h4-6,14H,7H2,1-3H3. The van der Waals surface area contributed by atoms with Crippen LogP contribution < -0.4 is 5.32 Å². The Balaban J connectivity index is 2.18. The van der Waals surface area contributed by atoms with Crippen LogP contribution in [0.5, 0.6) is 0 Å². The number of hydrogen-bond donors (Lipinski definition) is 1. The highest BCUT2D eigenvalue weighted by Gasteiger charge is 2.13. The van der Waals surface area contributed by atoms with Gasteiger partial charge in [0.1, 0.15) is 0 Å². The topological polar surface area (TPSA) is 68.1 Å². The number of rotatable bonds is 4. The Morgan fingerprint density at radius 2 is 2.11 bits per heavy atom. The second-order valence-corrected chi connectivity index (χ2v) is 5.59. The summed E-state index contributed by atoms with van der Waals surface area (Å²) in [7, 11) is 0. The summed E-state index contributed by atoms with van der Waals surface area (Å²) in [5, 5.41) is 15.2. The zero-order valence-electron chi connectivity index (χ0n) is 11.1. The number of aromatic nitrogens is 1. The third-order valence-corrected chi connectivity index (χ3v) is 4.01. The SMILES string of the molecule is Cc1nc(C)c(CNc2cccc([N+](=O)[O-])c2C)s1. The summed E-state index contributed by atoms with van der Waals surface area (Å²) < 4.78 is 0. The molecule has 0 fully saturated rings. The Hall–Kier alpha value is -1.95. The van der Waals surface area contributed by atoms with Crippen molar-refractivity contribution < 1.29 is 4.92 Å². The summed E-state index contributed by atoms with van der Waals surface area (Å²) in [6, 6.07) is 5.06. The molecule has 0 saturated carbocycles. The number of nitro benzene ring substituents is 1. The van der Waals surface area contributed by atoms with Gasteiger partial charge >= 0.3 is 0 Å². The van der Waals surface area contributed by atoms with Crippen LogP contribution in [-0.2, 0) is 6.54 Å². The van der Waals surface area contributed by atoms with Crippen LogP contribution in [0.3, 0.4) is 0 Å². The van der Waals surface area contributed by atoms with Gasteiger partial charge in [-0.05, 0) is 26.8 Å². The number of benzene rings is 1. The van der Waals surface area contributed by atoms with Crippen molar-refractivity contribution in [2.45, 2.75) is 27.3 Å². The number of nitrogens with zero attached hydrogens (tertiary/aromatic N) is 2. The molecular formula is C13H15N3O2S. The minimum Gasteiger partial charge on any atom is -0.380 e. The summed E-state index contributed by atoms with van der Waals surface area (Å²) in [4.78, 5) is 16.0. The van der Waals surface area contributed by atoms with Gasteiger partial charge in [-0.2, -0.15) is 0 Å². The first-order valence-corrected chi connectivity index (χ1v) is 6.71. The van der Waals surface area contributed by atoms with E-state index in [2.05, 4.69) is 10.3 Å². The van der Waals surface area contributed by atoms with Crippen molar-refractivity contribution >= 4 is 22.7 Å². The van der Waals surface area contributed by atoms with Gasteiger partial charge in [0.05, 0.1) is 22.2 Å². The normalized spacial score (nSPS) is 10.5. The lowest BCUT2D eigenvalue weighted by Crippen LogP contribution is -2.02. The average Bonchev–Trinajstić information content (AvgIpc) is 2.66. The fourth-order valence-electron chi connectivity index (χ4n) is 1.93. The maximum atomic E-state index is 10.9. The van der Waals surface area contributed by atoms with Crippen LogP contribution in [0.25, 0.3) is 0 Å². The predicted octanol–water partition coefficient (Wildman–Crippen LogP) is 3.59. The van der Waals surface area contributed by atoms with Gasteiger partial charge in [0.15, 0.2) is 0 Å². The van der Waals surface area contributed by atoms with Crippen LogP contribution >= 0.6 is 11.3 Å². The van der Waals surface area contributed by atoms with Crippen LogP contribution in [-0.4, -0.2) is 9.91 Å². The molecule has 100 valence electrons. The van der Waals surface area contributed by atoms with E-state index >= 15 is 0 Å². The summed E-state index contributed by atoms with van der Waals surface area (Å²) in [5.41, 5.74) is 2.60. The lowest BCUT2D eigenvalue weighted by molar-refractivity contribution is -0.385. The minimum absolute atomic E-state index is 0.141. The third-order valence-electron chi connectivity index (χ3n) is 2.94. The maximum Gasteiger partial charge on any atom is 0.274 e. The summed E-state index contributed by atoms with van der Waals surface area (Å²) >= 11 is 1.64. The molecule has 5 nitrogen and oxygen atoms in total. The van der Waals surface area contributed by atoms with Gasteiger partial charge in [0.25, 0.3) is 5.69 Å². The van der Waals surface area contributed by atoms with Gasteiger partial charge in [-0.1, -0.05) is 6.07 Å². The molecule has 0 saturated heterocycles. The summed E-state index contributed by atoms with van der Waals surface area (Å²) in [6.07, 6.45) is 0. The summed E-state index contributed by atoms with van der Waals surface area (Å²) in [6.45, 7) is 6.34. The number of thiazole rings is 1. The maximum absolute atomic E-state index is 10.9. The average molecular weight is 277 g/mol. The van der Waals surface area contributed by atoms with Crippen LogP contribution in [0.15, 0.2) is 18.2 Å².